The minimum Gasteiger partial charge on any atom is -0.510 e. The standard InChI is InChI=1S/C28H34FN3O6/c1-12-6-5-7-32(12)11-15-10-18(33)21-16(22(15)29)8-14-9-17-23(31(3)4)25(35)19(27(30)37)13(2)28(17,38)26(36)20(14)24(21)34/h10,12,14,17,23,33-35,38H,2,5-9,11H2,1,3-4H3,(H2,30,37)/t12-,14-,17-,23-,28-/m0/s1. The van der Waals surface area contributed by atoms with Gasteiger partial charge in [0.25, 0.3) is 5.91 Å². The minimum atomic E-state index is -2.34. The van der Waals surface area contributed by atoms with Crippen molar-refractivity contribution in [2.75, 3.05) is 20.6 Å². The molecule has 0 radical (unpaired) electrons. The predicted molar refractivity (Wildman–Crippen MR) is 137 cm³/mol. The largest absolute Gasteiger partial charge is 0.510 e. The lowest BCUT2D eigenvalue weighted by Gasteiger charge is -2.52. The van der Waals surface area contributed by atoms with Gasteiger partial charge in [0.05, 0.1) is 17.2 Å². The molecule has 1 aliphatic heterocycles. The van der Waals surface area contributed by atoms with Crippen molar-refractivity contribution in [2.24, 2.45) is 17.6 Å². The van der Waals surface area contributed by atoms with Gasteiger partial charge in [-0.25, -0.2) is 4.39 Å². The van der Waals surface area contributed by atoms with E-state index < -0.39 is 58.1 Å². The van der Waals surface area contributed by atoms with Crippen molar-refractivity contribution in [3.8, 4) is 5.75 Å². The summed E-state index contributed by atoms with van der Waals surface area (Å²) in [6, 6.07) is 0.618. The molecular weight excluding hydrogens is 493 g/mol. The molecule has 5 atom stereocenters. The van der Waals surface area contributed by atoms with Gasteiger partial charge in [0.15, 0.2) is 11.4 Å². The van der Waals surface area contributed by atoms with Crippen LogP contribution in [0.15, 0.2) is 35.1 Å². The van der Waals surface area contributed by atoms with Gasteiger partial charge in [-0.3, -0.25) is 19.4 Å². The first-order valence-electron chi connectivity index (χ1n) is 12.9. The molecule has 3 aliphatic carbocycles. The van der Waals surface area contributed by atoms with Crippen LogP contribution in [0, 0.1) is 17.7 Å². The lowest BCUT2D eigenvalue weighted by molar-refractivity contribution is -0.143. The highest BCUT2D eigenvalue weighted by molar-refractivity contribution is 6.13. The topological polar surface area (TPSA) is 148 Å². The Morgan fingerprint density at radius 3 is 2.58 bits per heavy atom. The number of fused-ring (bicyclic) bond motifs is 3. The molecule has 2 fully saturated rings. The van der Waals surface area contributed by atoms with Crippen LogP contribution in [-0.2, 0) is 22.6 Å². The van der Waals surface area contributed by atoms with Crippen molar-refractivity contribution < 1.29 is 34.4 Å². The number of nitrogens with two attached hydrogens (primary N) is 1. The predicted octanol–water partition coefficient (Wildman–Crippen LogP) is 2.07. The van der Waals surface area contributed by atoms with Crippen LogP contribution < -0.4 is 5.73 Å². The second kappa shape index (κ2) is 8.93. The molecule has 9 nitrogen and oxygen atoms in total. The quantitative estimate of drug-likeness (QED) is 0.400. The number of halogens is 1. The number of aliphatic hydroxyl groups excluding tert-OH is 2. The number of hydrogen-bond donors (Lipinski definition) is 5. The van der Waals surface area contributed by atoms with E-state index in [0.717, 1.165) is 19.4 Å². The maximum absolute atomic E-state index is 15.9. The van der Waals surface area contributed by atoms with Crippen molar-refractivity contribution in [1.29, 1.82) is 0 Å². The molecule has 6 N–H and O–H groups in total. The number of aromatic hydroxyl groups is 1. The number of benzene rings is 1. The minimum absolute atomic E-state index is 0.00953. The third-order valence-electron chi connectivity index (χ3n) is 8.98. The van der Waals surface area contributed by atoms with E-state index in [1.54, 1.807) is 19.0 Å². The molecule has 1 aromatic carbocycles. The number of carbonyl (C=O) groups excluding carboxylic acids is 2. The number of ketones is 1. The molecule has 4 aliphatic rings. The summed E-state index contributed by atoms with van der Waals surface area (Å²) in [5, 5.41) is 44.9. The third kappa shape index (κ3) is 3.54. The van der Waals surface area contributed by atoms with Gasteiger partial charge >= 0.3 is 0 Å². The Bertz CT molecular complexity index is 1330. The molecule has 1 aromatic rings. The molecule has 1 saturated heterocycles. The van der Waals surface area contributed by atoms with E-state index in [-0.39, 0.29) is 46.9 Å². The summed E-state index contributed by atoms with van der Waals surface area (Å²) in [4.78, 5) is 29.8. The Morgan fingerprint density at radius 2 is 2.00 bits per heavy atom. The lowest BCUT2D eigenvalue weighted by atomic mass is 9.56. The summed E-state index contributed by atoms with van der Waals surface area (Å²) in [7, 11) is 3.25. The normalized spacial score (nSPS) is 31.5. The summed E-state index contributed by atoms with van der Waals surface area (Å²) in [5.41, 5.74) is 2.47. The zero-order valence-electron chi connectivity index (χ0n) is 21.8. The summed E-state index contributed by atoms with van der Waals surface area (Å²) < 4.78 is 15.9. The Kier molecular flexibility index (Phi) is 6.20. The highest BCUT2D eigenvalue weighted by atomic mass is 19.1. The van der Waals surface area contributed by atoms with Gasteiger partial charge in [-0.2, -0.15) is 0 Å². The number of primary amides is 1. The fourth-order valence-corrected chi connectivity index (χ4v) is 7.08. The zero-order chi connectivity index (χ0) is 27.8. The smallest absolute Gasteiger partial charge is 0.252 e. The number of nitrogens with zero attached hydrogens (tertiary/aromatic N) is 2. The molecule has 204 valence electrons. The first-order chi connectivity index (χ1) is 17.8. The number of phenolic OH excluding ortho intramolecular Hbond substituents is 1. The van der Waals surface area contributed by atoms with Gasteiger partial charge < -0.3 is 26.2 Å². The summed E-state index contributed by atoms with van der Waals surface area (Å²) >= 11 is 0. The van der Waals surface area contributed by atoms with Gasteiger partial charge in [-0.1, -0.05) is 6.58 Å². The van der Waals surface area contributed by atoms with E-state index in [1.165, 1.54) is 6.07 Å². The van der Waals surface area contributed by atoms with Crippen LogP contribution in [-0.4, -0.2) is 80.2 Å². The Hall–Kier alpha value is -3.21. The third-order valence-corrected chi connectivity index (χ3v) is 8.98. The number of rotatable bonds is 4. The number of phenols is 1. The van der Waals surface area contributed by atoms with Crippen LogP contribution in [0.2, 0.25) is 0 Å². The summed E-state index contributed by atoms with van der Waals surface area (Å²) in [6.07, 6.45) is 2.11. The van der Waals surface area contributed by atoms with Crippen LogP contribution in [0.4, 0.5) is 4.39 Å². The summed E-state index contributed by atoms with van der Waals surface area (Å²) in [5.74, 6) is -5.48. The zero-order valence-corrected chi connectivity index (χ0v) is 21.8. The maximum atomic E-state index is 15.9. The van der Waals surface area contributed by atoms with Crippen LogP contribution >= 0.6 is 0 Å². The number of carbonyl (C=O) groups is 2. The first-order valence-corrected chi connectivity index (χ1v) is 12.9. The van der Waals surface area contributed by atoms with Gasteiger partial charge in [-0.15, -0.1) is 0 Å². The Balaban J connectivity index is 1.63. The summed E-state index contributed by atoms with van der Waals surface area (Å²) in [6.45, 7) is 6.96. The maximum Gasteiger partial charge on any atom is 0.252 e. The highest BCUT2D eigenvalue weighted by Crippen LogP contribution is 2.54. The van der Waals surface area contributed by atoms with E-state index in [1.807, 2.05) is 0 Å². The Morgan fingerprint density at radius 1 is 1.32 bits per heavy atom. The monoisotopic (exact) mass is 527 g/mol. The van der Waals surface area contributed by atoms with Crippen molar-refractivity contribution >= 4 is 17.4 Å². The molecule has 1 amide bonds. The molecule has 0 unspecified atom stereocenters. The van der Waals surface area contributed by atoms with Gasteiger partial charge in [0.1, 0.15) is 23.1 Å². The van der Waals surface area contributed by atoms with E-state index in [0.29, 0.717) is 12.1 Å². The molecule has 10 heteroatoms. The fraction of sp³-hybridized carbons (Fsp3) is 0.500. The molecule has 1 heterocycles. The van der Waals surface area contributed by atoms with Crippen LogP contribution in [0.1, 0.15) is 42.9 Å². The molecule has 5 rings (SSSR count). The number of amides is 1. The van der Waals surface area contributed by atoms with E-state index in [9.17, 15) is 30.0 Å². The van der Waals surface area contributed by atoms with E-state index in [2.05, 4.69) is 18.4 Å². The second-order valence-corrected chi connectivity index (χ2v) is 11.3. The number of aliphatic hydroxyl groups is 3. The van der Waals surface area contributed by atoms with Crippen LogP contribution in [0.3, 0.4) is 0 Å². The molecule has 38 heavy (non-hydrogen) atoms. The van der Waals surface area contributed by atoms with Gasteiger partial charge in [-0.05, 0) is 65.2 Å². The molecule has 0 bridgehead atoms. The van der Waals surface area contributed by atoms with Crippen molar-refractivity contribution in [3.63, 3.8) is 0 Å². The van der Waals surface area contributed by atoms with Crippen molar-refractivity contribution in [2.45, 2.75) is 56.8 Å². The molecular formula is C28H34FN3O6. The second-order valence-electron chi connectivity index (χ2n) is 11.3. The molecule has 1 saturated carbocycles. The lowest BCUT2D eigenvalue weighted by Crippen LogP contribution is -2.63. The first kappa shape index (κ1) is 26.4. The number of Topliss-reactive ketones (excluding diaryl/α,β-unsaturated/α-hetero) is 1. The number of hydrogen-bond acceptors (Lipinski definition) is 8. The van der Waals surface area contributed by atoms with E-state index >= 15 is 4.39 Å². The van der Waals surface area contributed by atoms with Gasteiger partial charge in [0, 0.05) is 40.8 Å². The van der Waals surface area contributed by atoms with E-state index in [4.69, 9.17) is 5.73 Å². The average molecular weight is 528 g/mol. The van der Waals surface area contributed by atoms with Crippen LogP contribution in [0.25, 0.3) is 5.76 Å². The number of likely N-dealkylation sites (tertiary alicyclic amines) is 1. The molecule has 0 aromatic heterocycles. The van der Waals surface area contributed by atoms with Crippen molar-refractivity contribution in [3.05, 3.63) is 57.6 Å². The fourth-order valence-electron chi connectivity index (χ4n) is 7.08. The van der Waals surface area contributed by atoms with Crippen molar-refractivity contribution in [1.82, 2.24) is 9.80 Å². The number of likely N-dealkylation sites (N-methyl/N-ethyl adjacent to an activating group) is 1. The highest BCUT2D eigenvalue weighted by Gasteiger charge is 2.62. The Labute approximate surface area is 220 Å². The SMILES string of the molecule is C=C1C(C(N)=O)=C(O)[C@@H](N(C)C)[C@@H]2C[C@@H]3Cc4c(F)c(CN5CCC[C@@H]5C)cc(O)c4C(O)=C3C(=O)[C@]12O. The van der Waals surface area contributed by atoms with Crippen LogP contribution in [0.5, 0.6) is 5.75 Å². The molecule has 0 spiro atoms. The van der Waals surface area contributed by atoms with Gasteiger partial charge in [0.2, 0.25) is 0 Å². The average Bonchev–Trinajstić information content (AvgIpc) is 3.23.